The first-order valence-electron chi connectivity index (χ1n) is 7.30. The zero-order valence-corrected chi connectivity index (χ0v) is 13.0. The minimum atomic E-state index is -0.285. The van der Waals surface area contributed by atoms with Crippen molar-refractivity contribution in [3.63, 3.8) is 0 Å². The van der Waals surface area contributed by atoms with Gasteiger partial charge in [-0.3, -0.25) is 14.5 Å². The molecule has 0 saturated carbocycles. The highest BCUT2D eigenvalue weighted by atomic mass is 16.5. The Bertz CT molecular complexity index is 773. The number of pyridine rings is 1. The summed E-state index contributed by atoms with van der Waals surface area (Å²) in [6.07, 6.45) is 1.57. The van der Waals surface area contributed by atoms with Gasteiger partial charge in [0.1, 0.15) is 6.54 Å². The second-order valence-corrected chi connectivity index (χ2v) is 5.46. The number of aromatic nitrogens is 1. The molecule has 0 bridgehead atoms. The molecule has 2 amide bonds. The predicted molar refractivity (Wildman–Crippen MR) is 86.6 cm³/mol. The van der Waals surface area contributed by atoms with Gasteiger partial charge in [-0.2, -0.15) is 0 Å². The fourth-order valence-electron chi connectivity index (χ4n) is 2.40. The number of fused-ring (bicyclic) bond motifs is 1. The van der Waals surface area contributed by atoms with Gasteiger partial charge >= 0.3 is 0 Å². The Hall–Kier alpha value is -2.89. The molecule has 0 spiro atoms. The molecule has 23 heavy (non-hydrogen) atoms. The Kier molecular flexibility index (Phi) is 3.97. The summed E-state index contributed by atoms with van der Waals surface area (Å²) in [4.78, 5) is 29.9. The zero-order chi connectivity index (χ0) is 16.4. The summed E-state index contributed by atoms with van der Waals surface area (Å²) in [5.41, 5.74) is 2.77. The van der Waals surface area contributed by atoms with E-state index in [2.05, 4.69) is 10.3 Å². The third kappa shape index (κ3) is 3.15. The first kappa shape index (κ1) is 15.0. The minimum absolute atomic E-state index is 0.0879. The number of amides is 2. The summed E-state index contributed by atoms with van der Waals surface area (Å²) in [7, 11) is 0. The Morgan fingerprint density at radius 2 is 2.17 bits per heavy atom. The lowest BCUT2D eigenvalue weighted by Crippen LogP contribution is -2.44. The molecule has 6 heteroatoms. The summed E-state index contributed by atoms with van der Waals surface area (Å²) in [6, 6.07) is 9.28. The largest absolute Gasteiger partial charge is 0.480 e. The first-order valence-corrected chi connectivity index (χ1v) is 7.30. The number of nitrogens with zero attached hydrogens (tertiary/aromatic N) is 2. The molecule has 0 saturated heterocycles. The maximum atomic E-state index is 12.3. The molecular formula is C17H17N3O3. The van der Waals surface area contributed by atoms with Crippen LogP contribution in [-0.4, -0.2) is 29.9 Å². The molecule has 0 aliphatic carbocycles. The van der Waals surface area contributed by atoms with E-state index in [1.165, 1.54) is 4.90 Å². The average molecular weight is 311 g/mol. The van der Waals surface area contributed by atoms with E-state index in [9.17, 15) is 9.59 Å². The van der Waals surface area contributed by atoms with Crippen molar-refractivity contribution < 1.29 is 14.3 Å². The zero-order valence-electron chi connectivity index (χ0n) is 13.0. The first-order chi connectivity index (χ1) is 11.0. The van der Waals surface area contributed by atoms with E-state index >= 15 is 0 Å². The lowest BCUT2D eigenvalue weighted by molar-refractivity contribution is -0.123. The number of hydrogen-bond donors (Lipinski definition) is 1. The molecule has 0 radical (unpaired) electrons. The molecule has 1 aromatic heterocycles. The van der Waals surface area contributed by atoms with Crippen molar-refractivity contribution >= 4 is 23.3 Å². The quantitative estimate of drug-likeness (QED) is 0.942. The van der Waals surface area contributed by atoms with Crippen LogP contribution in [0.25, 0.3) is 0 Å². The number of nitrogens with one attached hydrogen (secondary N) is 1. The lowest BCUT2D eigenvalue weighted by Gasteiger charge is -2.27. The number of hydrogen-bond acceptors (Lipinski definition) is 4. The Morgan fingerprint density at radius 1 is 1.35 bits per heavy atom. The van der Waals surface area contributed by atoms with Gasteiger partial charge in [0.25, 0.3) is 5.91 Å². The summed E-state index contributed by atoms with van der Waals surface area (Å²) >= 11 is 0. The van der Waals surface area contributed by atoms with Crippen molar-refractivity contribution in [1.29, 1.82) is 0 Å². The topological polar surface area (TPSA) is 71.5 Å². The van der Waals surface area contributed by atoms with Crippen LogP contribution >= 0.6 is 0 Å². The number of carbonyl (C=O) groups excluding carboxylic acids is 2. The molecule has 3 rings (SSSR count). The van der Waals surface area contributed by atoms with Gasteiger partial charge in [-0.25, -0.2) is 4.98 Å². The van der Waals surface area contributed by atoms with E-state index in [0.717, 1.165) is 16.8 Å². The van der Waals surface area contributed by atoms with Crippen LogP contribution in [0.1, 0.15) is 11.1 Å². The maximum Gasteiger partial charge on any atom is 0.266 e. The van der Waals surface area contributed by atoms with Crippen LogP contribution in [0.5, 0.6) is 5.75 Å². The van der Waals surface area contributed by atoms with Crippen LogP contribution < -0.4 is 15.0 Å². The normalized spacial score (nSPS) is 13.3. The highest BCUT2D eigenvalue weighted by Gasteiger charge is 2.28. The molecule has 1 aliphatic heterocycles. The number of benzene rings is 1. The molecule has 1 N–H and O–H groups in total. The van der Waals surface area contributed by atoms with E-state index in [1.54, 1.807) is 18.3 Å². The van der Waals surface area contributed by atoms with Crippen molar-refractivity contribution in [2.24, 2.45) is 0 Å². The van der Waals surface area contributed by atoms with Crippen LogP contribution in [0.15, 0.2) is 36.5 Å². The fraction of sp³-hybridized carbons (Fsp3) is 0.235. The number of aryl methyl sites for hydroxylation is 2. The van der Waals surface area contributed by atoms with E-state index in [0.29, 0.717) is 11.6 Å². The van der Waals surface area contributed by atoms with Gasteiger partial charge in [-0.1, -0.05) is 12.1 Å². The third-order valence-corrected chi connectivity index (χ3v) is 3.63. The number of carbonyl (C=O) groups is 2. The van der Waals surface area contributed by atoms with Gasteiger partial charge in [0.05, 0.1) is 0 Å². The van der Waals surface area contributed by atoms with Gasteiger partial charge in [0.15, 0.2) is 18.2 Å². The van der Waals surface area contributed by atoms with Gasteiger partial charge in [-0.15, -0.1) is 0 Å². The van der Waals surface area contributed by atoms with Crippen LogP contribution in [0.3, 0.4) is 0 Å². The van der Waals surface area contributed by atoms with Crippen molar-refractivity contribution in [2.75, 3.05) is 23.4 Å². The SMILES string of the molecule is Cc1ccc(C)c(NC(=O)CN2C(=O)COc3cccnc32)c1. The van der Waals surface area contributed by atoms with Crippen LogP contribution in [-0.2, 0) is 9.59 Å². The summed E-state index contributed by atoms with van der Waals surface area (Å²) in [5, 5.41) is 2.85. The lowest BCUT2D eigenvalue weighted by atomic mass is 10.1. The second kappa shape index (κ2) is 6.08. The van der Waals surface area contributed by atoms with Crippen molar-refractivity contribution in [3.8, 4) is 5.75 Å². The van der Waals surface area contributed by atoms with E-state index < -0.39 is 0 Å². The predicted octanol–water partition coefficient (Wildman–Crippen LogP) is 2.06. The molecule has 2 heterocycles. The van der Waals surface area contributed by atoms with Crippen molar-refractivity contribution in [3.05, 3.63) is 47.7 Å². The Balaban J connectivity index is 1.78. The van der Waals surface area contributed by atoms with Crippen LogP contribution in [0.2, 0.25) is 0 Å². The molecule has 2 aromatic rings. The van der Waals surface area contributed by atoms with Crippen molar-refractivity contribution in [2.45, 2.75) is 13.8 Å². The third-order valence-electron chi connectivity index (χ3n) is 3.63. The molecule has 6 nitrogen and oxygen atoms in total. The van der Waals surface area contributed by atoms with Crippen molar-refractivity contribution in [1.82, 2.24) is 4.98 Å². The second-order valence-electron chi connectivity index (χ2n) is 5.46. The standard InChI is InChI=1S/C17H17N3O3/c1-11-5-6-12(2)13(8-11)19-15(21)9-20-16(22)10-23-14-4-3-7-18-17(14)20/h3-8H,9-10H2,1-2H3,(H,19,21). The fourth-order valence-corrected chi connectivity index (χ4v) is 2.40. The highest BCUT2D eigenvalue weighted by Crippen LogP contribution is 2.28. The number of anilines is 2. The summed E-state index contributed by atoms with van der Waals surface area (Å²) in [5.74, 6) is 0.323. The van der Waals surface area contributed by atoms with Crippen LogP contribution in [0, 0.1) is 13.8 Å². The molecule has 0 unspecified atom stereocenters. The van der Waals surface area contributed by atoms with Gasteiger partial charge in [0, 0.05) is 11.9 Å². The van der Waals surface area contributed by atoms with Gasteiger partial charge in [-0.05, 0) is 43.2 Å². The van der Waals surface area contributed by atoms with Crippen LogP contribution in [0.4, 0.5) is 11.5 Å². The van der Waals surface area contributed by atoms with E-state index in [1.807, 2.05) is 32.0 Å². The van der Waals surface area contributed by atoms with Gasteiger partial charge in [0.2, 0.25) is 5.91 Å². The number of ether oxygens (including phenoxy) is 1. The molecular weight excluding hydrogens is 294 g/mol. The van der Waals surface area contributed by atoms with Gasteiger partial charge < -0.3 is 10.1 Å². The van der Waals surface area contributed by atoms with E-state index in [4.69, 9.17) is 4.74 Å². The summed E-state index contributed by atoms with van der Waals surface area (Å²) < 4.78 is 5.32. The monoisotopic (exact) mass is 311 g/mol. The average Bonchev–Trinajstić information content (AvgIpc) is 2.54. The minimum Gasteiger partial charge on any atom is -0.480 e. The number of rotatable bonds is 3. The smallest absolute Gasteiger partial charge is 0.266 e. The maximum absolute atomic E-state index is 12.3. The molecule has 1 aliphatic rings. The molecule has 0 atom stereocenters. The Labute approximate surface area is 134 Å². The molecule has 0 fully saturated rings. The molecule has 1 aromatic carbocycles. The Morgan fingerprint density at radius 3 is 3.00 bits per heavy atom. The summed E-state index contributed by atoms with van der Waals surface area (Å²) in [6.45, 7) is 3.70. The van der Waals surface area contributed by atoms with E-state index in [-0.39, 0.29) is 25.0 Å². The highest BCUT2D eigenvalue weighted by molar-refractivity contribution is 6.04. The molecule has 118 valence electrons.